The third-order valence-electron chi connectivity index (χ3n) is 13.4. The molecule has 2 N–H and O–H groups in total. The van der Waals surface area contributed by atoms with Gasteiger partial charge in [0.2, 0.25) is 0 Å². The summed E-state index contributed by atoms with van der Waals surface area (Å²) in [7, 11) is -4.75. The number of unbranched alkanes of at least 4 members (excludes halogenated alkanes) is 31. The topological polar surface area (TPSA) is 155 Å². The van der Waals surface area contributed by atoms with Crippen molar-refractivity contribution in [1.29, 1.82) is 0 Å². The van der Waals surface area contributed by atoms with Gasteiger partial charge >= 0.3 is 25.7 Å². The molecule has 0 aromatic heterocycles. The number of carbonyl (C=O) groups is 3. The number of aliphatic hydroxyl groups is 1. The molecule has 0 aliphatic heterocycles. The largest absolute Gasteiger partial charge is 0.472 e. The minimum atomic E-state index is -4.75. The van der Waals surface area contributed by atoms with E-state index in [2.05, 4.69) is 81.5 Å². The van der Waals surface area contributed by atoms with Crippen molar-refractivity contribution >= 4 is 25.7 Å². The number of allylic oxidation sites excluding steroid dienone is 10. The van der Waals surface area contributed by atoms with Crippen LogP contribution < -0.4 is 0 Å². The number of carbonyl (C=O) groups excluding carboxylic acids is 3. The Morgan fingerprint density at radius 2 is 0.684 bits per heavy atom. The summed E-state index contributed by atoms with van der Waals surface area (Å²) in [5, 5.41) is 9.84. The lowest BCUT2D eigenvalue weighted by atomic mass is 10.0. The van der Waals surface area contributed by atoms with Crippen LogP contribution in [-0.2, 0) is 42.2 Å². The first-order valence-electron chi connectivity index (χ1n) is 31.2. The second kappa shape index (κ2) is 58.3. The Labute approximate surface area is 465 Å². The molecule has 76 heavy (non-hydrogen) atoms. The minimum Gasteiger partial charge on any atom is -0.462 e. The normalized spacial score (nSPS) is 13.7. The number of hydrogen-bond acceptors (Lipinski definition) is 10. The van der Waals surface area contributed by atoms with E-state index in [0.717, 1.165) is 122 Å². The summed E-state index contributed by atoms with van der Waals surface area (Å²) < 4.78 is 39.6. The molecule has 0 heterocycles. The zero-order chi connectivity index (χ0) is 55.5. The van der Waals surface area contributed by atoms with Crippen molar-refractivity contribution in [3.05, 3.63) is 60.8 Å². The van der Waals surface area contributed by atoms with E-state index < -0.39 is 57.8 Å². The van der Waals surface area contributed by atoms with Crippen LogP contribution in [0.15, 0.2) is 60.8 Å². The smallest absolute Gasteiger partial charge is 0.462 e. The van der Waals surface area contributed by atoms with Crippen LogP contribution in [0.2, 0.25) is 0 Å². The summed E-state index contributed by atoms with van der Waals surface area (Å²) in [5.74, 6) is -1.48. The Kier molecular flexibility index (Phi) is 56.2. The first kappa shape index (κ1) is 73.2. The lowest BCUT2D eigenvalue weighted by Crippen LogP contribution is -2.30. The number of aliphatic hydroxyl groups excluding tert-OH is 1. The van der Waals surface area contributed by atoms with Gasteiger partial charge in [0.15, 0.2) is 6.10 Å². The highest BCUT2D eigenvalue weighted by atomic mass is 31.2. The van der Waals surface area contributed by atoms with E-state index in [4.69, 9.17) is 23.3 Å². The van der Waals surface area contributed by atoms with Crippen LogP contribution >= 0.6 is 7.82 Å². The fourth-order valence-electron chi connectivity index (χ4n) is 8.70. The molecule has 0 bridgehead atoms. The zero-order valence-electron chi connectivity index (χ0n) is 49.0. The summed E-state index contributed by atoms with van der Waals surface area (Å²) in [4.78, 5) is 48.7. The highest BCUT2D eigenvalue weighted by Crippen LogP contribution is 2.43. The predicted octanol–water partition coefficient (Wildman–Crippen LogP) is 18.7. The number of phosphoric ester groups is 1. The highest BCUT2D eigenvalue weighted by molar-refractivity contribution is 7.47. The molecule has 0 amide bonds. The molecular weight excluding hydrogens is 976 g/mol. The van der Waals surface area contributed by atoms with E-state index >= 15 is 0 Å². The van der Waals surface area contributed by atoms with Crippen LogP contribution in [0.5, 0.6) is 0 Å². The van der Waals surface area contributed by atoms with E-state index in [1.807, 2.05) is 0 Å². The molecular formula is C64H115O11P. The molecule has 0 spiro atoms. The second-order valence-electron chi connectivity index (χ2n) is 20.8. The summed E-state index contributed by atoms with van der Waals surface area (Å²) in [6.45, 7) is 4.55. The minimum absolute atomic E-state index is 0.150. The average molecular weight is 1090 g/mol. The van der Waals surface area contributed by atoms with Crippen LogP contribution in [0.25, 0.3) is 0 Å². The number of rotatable bonds is 58. The maximum absolute atomic E-state index is 12.9. The average Bonchev–Trinajstić information content (AvgIpc) is 3.41. The van der Waals surface area contributed by atoms with Gasteiger partial charge in [0.05, 0.1) is 19.8 Å². The van der Waals surface area contributed by atoms with Gasteiger partial charge in [0, 0.05) is 19.3 Å². The van der Waals surface area contributed by atoms with Crippen LogP contribution in [0.3, 0.4) is 0 Å². The van der Waals surface area contributed by atoms with Gasteiger partial charge < -0.3 is 24.2 Å². The van der Waals surface area contributed by atoms with E-state index in [9.17, 15) is 28.9 Å². The maximum Gasteiger partial charge on any atom is 0.472 e. The molecule has 0 aliphatic carbocycles. The Balaban J connectivity index is 4.72. The van der Waals surface area contributed by atoms with E-state index in [1.54, 1.807) is 0 Å². The fraction of sp³-hybridized carbons (Fsp3) is 0.797. The quantitative estimate of drug-likeness (QED) is 0.0197. The molecule has 0 aromatic rings. The van der Waals surface area contributed by atoms with E-state index in [0.29, 0.717) is 19.3 Å². The van der Waals surface area contributed by atoms with Gasteiger partial charge in [0.1, 0.15) is 12.7 Å². The van der Waals surface area contributed by atoms with Crippen molar-refractivity contribution < 1.29 is 52.2 Å². The molecule has 442 valence electrons. The van der Waals surface area contributed by atoms with Crippen molar-refractivity contribution in [2.75, 3.05) is 26.4 Å². The van der Waals surface area contributed by atoms with Gasteiger partial charge in [-0.1, -0.05) is 248 Å². The fourth-order valence-corrected chi connectivity index (χ4v) is 9.48. The van der Waals surface area contributed by atoms with Crippen molar-refractivity contribution in [3.63, 3.8) is 0 Å². The van der Waals surface area contributed by atoms with Crippen molar-refractivity contribution in [2.24, 2.45) is 0 Å². The molecule has 0 saturated carbocycles. The summed E-state index contributed by atoms with van der Waals surface area (Å²) in [6.07, 6.45) is 64.5. The van der Waals surface area contributed by atoms with E-state index in [-0.39, 0.29) is 25.9 Å². The van der Waals surface area contributed by atoms with Crippen LogP contribution in [-0.4, -0.2) is 66.5 Å². The van der Waals surface area contributed by atoms with Crippen LogP contribution in [0.4, 0.5) is 0 Å². The van der Waals surface area contributed by atoms with Gasteiger partial charge in [-0.25, -0.2) is 4.57 Å². The molecule has 3 atom stereocenters. The standard InChI is InChI=1S/C64H115O11P/c1-4-7-10-13-16-19-22-25-28-29-30-31-34-37-40-43-46-49-52-55-64(68)75-61(57-71-62(66)53-50-47-44-41-38-35-32-26-23-20-17-14-11-8-5-2)59-73-76(69,70)72-58-60(56-65)74-63(67)54-51-48-45-42-39-36-33-27-24-21-18-15-12-9-6-3/h7,10,16,19,25-26,28,30-32,60-61,65H,4-6,8-9,11-15,17-18,20-24,27,29,33-59H2,1-3H3,(H,69,70)/b10-7-,19-16-,28-25-,31-30-,32-26-. The maximum atomic E-state index is 12.9. The monoisotopic (exact) mass is 1090 g/mol. The second-order valence-corrected chi connectivity index (χ2v) is 22.3. The molecule has 0 fully saturated rings. The third kappa shape index (κ3) is 55.9. The molecule has 12 heteroatoms. The number of hydrogen-bond donors (Lipinski definition) is 2. The van der Waals surface area contributed by atoms with Gasteiger partial charge in [-0.05, 0) is 83.5 Å². The number of ether oxygens (including phenoxy) is 3. The summed E-state index contributed by atoms with van der Waals surface area (Å²) in [5.41, 5.74) is 0. The van der Waals surface area contributed by atoms with Gasteiger partial charge in [-0.2, -0.15) is 0 Å². The van der Waals surface area contributed by atoms with Crippen LogP contribution in [0.1, 0.15) is 290 Å². The molecule has 0 saturated heterocycles. The summed E-state index contributed by atoms with van der Waals surface area (Å²) in [6, 6.07) is 0. The van der Waals surface area contributed by atoms with Crippen LogP contribution in [0, 0.1) is 0 Å². The van der Waals surface area contributed by atoms with E-state index in [1.165, 1.54) is 109 Å². The third-order valence-corrected chi connectivity index (χ3v) is 14.4. The van der Waals surface area contributed by atoms with Gasteiger partial charge in [-0.15, -0.1) is 0 Å². The first-order valence-corrected chi connectivity index (χ1v) is 32.7. The Morgan fingerprint density at radius 3 is 1.07 bits per heavy atom. The van der Waals surface area contributed by atoms with Gasteiger partial charge in [-0.3, -0.25) is 23.4 Å². The number of esters is 3. The SMILES string of the molecule is CC/C=C\C/C=C\C/C=C\C/C=C\CCCCCCCCC(=O)OC(COC(=O)CCCCCCC/C=C\CCCCCCCC)COP(=O)(O)OCC(CO)OC(=O)CCCCCCCCCCCCCCCCC. The molecule has 0 rings (SSSR count). The number of phosphoric acid groups is 1. The highest BCUT2D eigenvalue weighted by Gasteiger charge is 2.28. The Bertz CT molecular complexity index is 1510. The van der Waals surface area contributed by atoms with Crippen molar-refractivity contribution in [3.8, 4) is 0 Å². The predicted molar refractivity (Wildman–Crippen MR) is 316 cm³/mol. The molecule has 0 aromatic carbocycles. The lowest BCUT2D eigenvalue weighted by molar-refractivity contribution is -0.161. The molecule has 0 radical (unpaired) electrons. The van der Waals surface area contributed by atoms with Gasteiger partial charge in [0.25, 0.3) is 0 Å². The molecule has 0 aliphatic rings. The van der Waals surface area contributed by atoms with Crippen molar-refractivity contribution in [2.45, 2.75) is 303 Å². The summed E-state index contributed by atoms with van der Waals surface area (Å²) >= 11 is 0. The molecule has 3 unspecified atom stereocenters. The first-order chi connectivity index (χ1) is 37.2. The van der Waals surface area contributed by atoms with Crippen molar-refractivity contribution in [1.82, 2.24) is 0 Å². The Hall–Kier alpha value is -2.82. The molecule has 11 nitrogen and oxygen atoms in total. The zero-order valence-corrected chi connectivity index (χ0v) is 49.9. The Morgan fingerprint density at radius 1 is 0.382 bits per heavy atom. The lowest BCUT2D eigenvalue weighted by Gasteiger charge is -2.21.